The number of aliphatic hydroxyl groups excluding tert-OH is 1. The minimum atomic E-state index is -4.44. The first-order chi connectivity index (χ1) is 24.5. The first kappa shape index (κ1) is 34.5. The fourth-order valence-corrected chi connectivity index (χ4v) is 9.33. The molecule has 270 valence electrons. The minimum absolute atomic E-state index is 0.00387. The smallest absolute Gasteiger partial charge is 0.416 e. The van der Waals surface area contributed by atoms with Crippen molar-refractivity contribution < 1.29 is 32.5 Å². The van der Waals surface area contributed by atoms with Gasteiger partial charge in [0.15, 0.2) is 0 Å². The van der Waals surface area contributed by atoms with E-state index in [0.29, 0.717) is 17.9 Å². The molecular formula is C41H45F3N2O4S. The van der Waals surface area contributed by atoms with Crippen molar-refractivity contribution in [3.05, 3.63) is 111 Å². The van der Waals surface area contributed by atoms with E-state index in [1.54, 1.807) is 11.3 Å². The van der Waals surface area contributed by atoms with Crippen molar-refractivity contribution >= 4 is 22.7 Å². The summed E-state index contributed by atoms with van der Waals surface area (Å²) < 4.78 is 61.0. The number of ether oxygens (including phenoxy) is 3. The number of nitrogens with one attached hydrogen (secondary N) is 2. The zero-order valence-electron chi connectivity index (χ0n) is 29.1. The lowest BCUT2D eigenvalue weighted by atomic mass is 9.75. The summed E-state index contributed by atoms with van der Waals surface area (Å²) in [7, 11) is 0. The topological polar surface area (TPSA) is 72.0 Å². The van der Waals surface area contributed by atoms with Crippen LogP contribution in [0.5, 0.6) is 5.75 Å². The number of hydrogen-bond donors (Lipinski definition) is 3. The van der Waals surface area contributed by atoms with Crippen LogP contribution < -0.4 is 15.4 Å². The molecule has 5 heterocycles. The summed E-state index contributed by atoms with van der Waals surface area (Å²) in [4.78, 5) is 1.15. The summed E-state index contributed by atoms with van der Waals surface area (Å²) in [5, 5.41) is 19.4. The minimum Gasteiger partial charge on any atom is -0.491 e. The van der Waals surface area contributed by atoms with Gasteiger partial charge in [-0.25, -0.2) is 0 Å². The predicted octanol–water partition coefficient (Wildman–Crippen LogP) is 10.1. The van der Waals surface area contributed by atoms with Gasteiger partial charge in [-0.3, -0.25) is 0 Å². The maximum Gasteiger partial charge on any atom is 0.416 e. The fraction of sp³-hybridized carbons (Fsp3) is 0.463. The van der Waals surface area contributed by atoms with Crippen LogP contribution >= 0.6 is 11.3 Å². The third kappa shape index (κ3) is 6.76. The molecule has 0 aliphatic carbocycles. The van der Waals surface area contributed by atoms with Crippen molar-refractivity contribution in [3.8, 4) is 5.75 Å². The number of benzene rings is 3. The Hall–Kier alpha value is -3.57. The van der Waals surface area contributed by atoms with Crippen LogP contribution in [0.3, 0.4) is 0 Å². The molecule has 8 atom stereocenters. The molecule has 10 heteroatoms. The largest absolute Gasteiger partial charge is 0.491 e. The van der Waals surface area contributed by atoms with Crippen molar-refractivity contribution in [2.75, 3.05) is 23.8 Å². The van der Waals surface area contributed by atoms with Crippen molar-refractivity contribution in [2.24, 2.45) is 11.8 Å². The molecule has 0 bridgehead atoms. The number of halogens is 3. The molecule has 3 aromatic carbocycles. The van der Waals surface area contributed by atoms with Crippen LogP contribution in [0.1, 0.15) is 103 Å². The van der Waals surface area contributed by atoms with Gasteiger partial charge >= 0.3 is 6.18 Å². The Morgan fingerprint density at radius 1 is 0.765 bits per heavy atom. The second-order valence-corrected chi connectivity index (χ2v) is 16.5. The van der Waals surface area contributed by atoms with E-state index in [1.165, 1.54) is 17.7 Å². The van der Waals surface area contributed by atoms with Gasteiger partial charge < -0.3 is 30.0 Å². The highest BCUT2D eigenvalue weighted by Gasteiger charge is 2.45. The third-order valence-corrected chi connectivity index (χ3v) is 12.1. The maximum atomic E-state index is 13.8. The van der Waals surface area contributed by atoms with Gasteiger partial charge in [0.25, 0.3) is 0 Å². The molecule has 4 aromatic rings. The Bertz CT molecular complexity index is 1860. The van der Waals surface area contributed by atoms with Gasteiger partial charge in [-0.15, -0.1) is 11.3 Å². The lowest BCUT2D eigenvalue weighted by molar-refractivity contribution is -0.138. The van der Waals surface area contributed by atoms with Gasteiger partial charge in [0.2, 0.25) is 0 Å². The Morgan fingerprint density at radius 3 is 2.08 bits per heavy atom. The van der Waals surface area contributed by atoms with Crippen LogP contribution in [-0.2, 0) is 21.1 Å². The summed E-state index contributed by atoms with van der Waals surface area (Å²) in [5.41, 5.74) is 5.10. The molecule has 4 aliphatic heterocycles. The highest BCUT2D eigenvalue weighted by Crippen LogP contribution is 2.53. The number of thiophene rings is 1. The Labute approximate surface area is 301 Å². The van der Waals surface area contributed by atoms with Crippen LogP contribution in [0.15, 0.2) is 78.2 Å². The lowest BCUT2D eigenvalue weighted by Gasteiger charge is -2.46. The molecule has 1 unspecified atom stereocenters. The van der Waals surface area contributed by atoms with Gasteiger partial charge in [0.1, 0.15) is 12.4 Å². The monoisotopic (exact) mass is 718 g/mol. The summed E-state index contributed by atoms with van der Waals surface area (Å²) in [6, 6.07) is 22.7. The molecule has 0 amide bonds. The van der Waals surface area contributed by atoms with E-state index in [9.17, 15) is 18.3 Å². The van der Waals surface area contributed by atoms with E-state index in [2.05, 4.69) is 67.8 Å². The quantitative estimate of drug-likeness (QED) is 0.184. The van der Waals surface area contributed by atoms with Crippen molar-refractivity contribution in [2.45, 2.75) is 94.5 Å². The summed E-state index contributed by atoms with van der Waals surface area (Å²) in [6.07, 6.45) is -2.29. The molecule has 4 aliphatic rings. The first-order valence-electron chi connectivity index (χ1n) is 18.0. The third-order valence-electron chi connectivity index (χ3n) is 11.2. The Kier molecular flexibility index (Phi) is 9.10. The van der Waals surface area contributed by atoms with Gasteiger partial charge in [-0.2, -0.15) is 13.2 Å². The zero-order valence-corrected chi connectivity index (χ0v) is 29.9. The zero-order chi connectivity index (χ0) is 35.5. The maximum absolute atomic E-state index is 13.8. The van der Waals surface area contributed by atoms with Crippen LogP contribution in [-0.4, -0.2) is 30.5 Å². The van der Waals surface area contributed by atoms with Gasteiger partial charge in [-0.1, -0.05) is 51.1 Å². The highest BCUT2D eigenvalue weighted by molar-refractivity contribution is 7.10. The number of alkyl halides is 3. The molecular weight excluding hydrogens is 674 g/mol. The fourth-order valence-electron chi connectivity index (χ4n) is 8.48. The van der Waals surface area contributed by atoms with Crippen LogP contribution in [0.2, 0.25) is 0 Å². The van der Waals surface area contributed by atoms with Crippen LogP contribution in [0, 0.1) is 11.8 Å². The van der Waals surface area contributed by atoms with Crippen molar-refractivity contribution in [1.82, 2.24) is 0 Å². The molecule has 2 saturated heterocycles. The number of rotatable bonds is 6. The molecule has 1 aromatic heterocycles. The van der Waals surface area contributed by atoms with Crippen LogP contribution in [0.25, 0.3) is 0 Å². The second kappa shape index (κ2) is 13.4. The summed E-state index contributed by atoms with van der Waals surface area (Å²) in [5.74, 6) is 0.884. The van der Waals surface area contributed by atoms with Gasteiger partial charge in [0, 0.05) is 39.2 Å². The summed E-state index contributed by atoms with van der Waals surface area (Å²) >= 11 is 1.65. The molecule has 6 nitrogen and oxygen atoms in total. The van der Waals surface area contributed by atoms with E-state index in [-0.39, 0.29) is 54.3 Å². The standard InChI is InChI=1S/C41H45F3N2O4S/c1-40(2,3)24-9-15-33-31(19-24)38-29(13-11-27(21-47)49-38)36(45-33)23-6-4-7-26(18-23)48-22-28-12-14-30-37(35-8-5-17-51-35)46-34-16-10-25(41(42,43)44)20-32(34)39(30)50-28/h4-10,15-20,27-30,36-39,45-47H,11-14,21-22H2,1-3H3/t27-,28?,29-,30+,36-,37-,38-,39+/m1/s1. The predicted molar refractivity (Wildman–Crippen MR) is 193 cm³/mol. The SMILES string of the molecule is CC(C)(C)c1ccc2c(c1)[C@@H]1O[C@@H](CO)CC[C@@H]1[C@@H](c1cccc(OCC3CC[C@@H]4[C@H](O3)c3cc(C(F)(F)F)ccc3N[C@H]4c3cccs3)c1)N2. The molecule has 51 heavy (non-hydrogen) atoms. The Morgan fingerprint density at radius 2 is 1.41 bits per heavy atom. The average Bonchev–Trinajstić information content (AvgIpc) is 3.67. The van der Waals surface area contributed by atoms with Gasteiger partial charge in [0.05, 0.1) is 48.7 Å². The number of hydrogen-bond acceptors (Lipinski definition) is 7. The molecule has 0 radical (unpaired) electrons. The average molecular weight is 719 g/mol. The molecule has 2 fully saturated rings. The number of aliphatic hydroxyl groups is 1. The molecule has 8 rings (SSSR count). The highest BCUT2D eigenvalue weighted by atomic mass is 32.1. The molecule has 3 N–H and O–H groups in total. The van der Waals surface area contributed by atoms with E-state index < -0.39 is 17.8 Å². The van der Waals surface area contributed by atoms with E-state index in [4.69, 9.17) is 14.2 Å². The first-order valence-corrected chi connectivity index (χ1v) is 18.9. The number of anilines is 2. The van der Waals surface area contributed by atoms with E-state index in [1.807, 2.05) is 23.6 Å². The molecule has 0 saturated carbocycles. The van der Waals surface area contributed by atoms with E-state index in [0.717, 1.165) is 59.2 Å². The van der Waals surface area contributed by atoms with Gasteiger partial charge in [-0.05, 0) is 90.1 Å². The van der Waals surface area contributed by atoms with E-state index >= 15 is 0 Å². The normalized spacial score (nSPS) is 28.7. The second-order valence-electron chi connectivity index (χ2n) is 15.5. The van der Waals surface area contributed by atoms with Crippen LogP contribution in [0.4, 0.5) is 24.5 Å². The molecule has 0 spiro atoms. The lowest BCUT2D eigenvalue weighted by Crippen LogP contribution is -2.40. The number of fused-ring (bicyclic) bond motifs is 6. The summed E-state index contributed by atoms with van der Waals surface area (Å²) in [6.45, 7) is 6.93. The van der Waals surface area contributed by atoms with Crippen molar-refractivity contribution in [1.29, 1.82) is 0 Å². The van der Waals surface area contributed by atoms with Crippen molar-refractivity contribution in [3.63, 3.8) is 0 Å². The Balaban J connectivity index is 1.01.